The zero-order valence-corrected chi connectivity index (χ0v) is 18.5. The molecule has 0 spiro atoms. The van der Waals surface area contributed by atoms with E-state index in [-0.39, 0.29) is 6.42 Å². The van der Waals surface area contributed by atoms with Crippen molar-refractivity contribution in [3.63, 3.8) is 0 Å². The minimum Gasteiger partial charge on any atom is -0.489 e. The molecule has 2 N–H and O–H groups in total. The summed E-state index contributed by atoms with van der Waals surface area (Å²) in [6.45, 7) is 0.351. The van der Waals surface area contributed by atoms with Crippen molar-refractivity contribution in [2.75, 3.05) is 0 Å². The van der Waals surface area contributed by atoms with Gasteiger partial charge in [0, 0.05) is 22.6 Å². The molecule has 5 nitrogen and oxygen atoms in total. The van der Waals surface area contributed by atoms with Crippen molar-refractivity contribution >= 4 is 34.2 Å². The number of halogens is 1. The fraction of sp³-hybridized carbons (Fsp3) is 0.111. The van der Waals surface area contributed by atoms with Gasteiger partial charge in [0.2, 0.25) is 0 Å². The maximum absolute atomic E-state index is 12.7. The molecule has 4 aromatic carbocycles. The van der Waals surface area contributed by atoms with Crippen molar-refractivity contribution in [2.24, 2.45) is 0 Å². The van der Waals surface area contributed by atoms with Crippen LogP contribution in [-0.4, -0.2) is 23.0 Å². The number of nitrogens with one attached hydrogen (secondary N) is 1. The summed E-state index contributed by atoms with van der Waals surface area (Å²) in [4.78, 5) is 24.4. The first-order valence-corrected chi connectivity index (χ1v) is 10.8. The van der Waals surface area contributed by atoms with E-state index >= 15 is 0 Å². The molecule has 4 rings (SSSR count). The second-order valence-corrected chi connectivity index (χ2v) is 8.07. The van der Waals surface area contributed by atoms with Gasteiger partial charge in [0.15, 0.2) is 0 Å². The molecule has 0 aliphatic heterocycles. The number of amides is 1. The van der Waals surface area contributed by atoms with Gasteiger partial charge in [-0.1, -0.05) is 72.3 Å². The highest BCUT2D eigenvalue weighted by Gasteiger charge is 2.21. The van der Waals surface area contributed by atoms with Crippen LogP contribution in [0, 0.1) is 0 Å². The number of aliphatic carboxylic acids is 1. The fourth-order valence-corrected chi connectivity index (χ4v) is 3.71. The van der Waals surface area contributed by atoms with Crippen molar-refractivity contribution in [3.05, 3.63) is 113 Å². The number of rotatable bonds is 8. The fourth-order valence-electron chi connectivity index (χ4n) is 3.52. The van der Waals surface area contributed by atoms with Crippen LogP contribution in [0.25, 0.3) is 10.8 Å². The Hall–Kier alpha value is -3.83. The largest absolute Gasteiger partial charge is 0.489 e. The van der Waals surface area contributed by atoms with Crippen LogP contribution in [0.2, 0.25) is 5.02 Å². The number of benzene rings is 4. The lowest BCUT2D eigenvalue weighted by atomic mass is 10.0. The van der Waals surface area contributed by atoms with Crippen LogP contribution in [0.3, 0.4) is 0 Å². The average Bonchev–Trinajstić information content (AvgIpc) is 2.83. The second kappa shape index (κ2) is 10.2. The van der Waals surface area contributed by atoms with Crippen molar-refractivity contribution in [2.45, 2.75) is 19.1 Å². The molecule has 0 heterocycles. The summed E-state index contributed by atoms with van der Waals surface area (Å²) in [5.74, 6) is -0.819. The summed E-state index contributed by atoms with van der Waals surface area (Å²) in [5, 5.41) is 14.6. The molecular formula is C27H22ClNO4. The van der Waals surface area contributed by atoms with Gasteiger partial charge >= 0.3 is 5.97 Å². The van der Waals surface area contributed by atoms with Gasteiger partial charge in [-0.05, 0) is 46.7 Å². The second-order valence-electron chi connectivity index (χ2n) is 7.66. The third kappa shape index (κ3) is 5.70. The smallest absolute Gasteiger partial charge is 0.326 e. The Labute approximate surface area is 196 Å². The van der Waals surface area contributed by atoms with Crippen LogP contribution in [0.1, 0.15) is 21.5 Å². The van der Waals surface area contributed by atoms with E-state index in [4.69, 9.17) is 16.3 Å². The zero-order chi connectivity index (χ0) is 23.2. The normalized spacial score (nSPS) is 11.7. The first-order chi connectivity index (χ1) is 16.0. The average molecular weight is 460 g/mol. The van der Waals surface area contributed by atoms with E-state index in [0.717, 1.165) is 21.9 Å². The Kier molecular flexibility index (Phi) is 6.91. The SMILES string of the molecule is O=C(N[C@@H](Cc1ccccc1)C(=O)O)c1ccc2cc(OCc3ccccc3Cl)ccc2c1. The van der Waals surface area contributed by atoms with Gasteiger partial charge in [-0.25, -0.2) is 4.79 Å². The number of ether oxygens (including phenoxy) is 1. The molecule has 0 aromatic heterocycles. The topological polar surface area (TPSA) is 75.6 Å². The molecule has 6 heteroatoms. The lowest BCUT2D eigenvalue weighted by molar-refractivity contribution is -0.139. The van der Waals surface area contributed by atoms with E-state index in [9.17, 15) is 14.7 Å². The van der Waals surface area contributed by atoms with Crippen LogP contribution in [0.5, 0.6) is 5.75 Å². The van der Waals surface area contributed by atoms with E-state index in [1.54, 1.807) is 12.1 Å². The molecule has 0 saturated heterocycles. The van der Waals surface area contributed by atoms with Crippen molar-refractivity contribution in [1.29, 1.82) is 0 Å². The Morgan fingerprint density at radius 1 is 0.879 bits per heavy atom. The lowest BCUT2D eigenvalue weighted by Crippen LogP contribution is -2.42. The molecule has 166 valence electrons. The van der Waals surface area contributed by atoms with Crippen LogP contribution in [-0.2, 0) is 17.8 Å². The van der Waals surface area contributed by atoms with Crippen LogP contribution in [0.15, 0.2) is 91.0 Å². The number of carbonyl (C=O) groups is 2. The van der Waals surface area contributed by atoms with Gasteiger partial charge < -0.3 is 15.2 Å². The summed E-state index contributed by atoms with van der Waals surface area (Å²) in [6.07, 6.45) is 0.210. The Balaban J connectivity index is 1.45. The molecule has 0 saturated carbocycles. The third-order valence-corrected chi connectivity index (χ3v) is 5.68. The summed E-state index contributed by atoms with van der Waals surface area (Å²) in [7, 11) is 0. The quantitative estimate of drug-likeness (QED) is 0.365. The number of hydrogen-bond acceptors (Lipinski definition) is 3. The number of carboxylic acids is 1. The molecule has 0 unspecified atom stereocenters. The molecule has 33 heavy (non-hydrogen) atoms. The van der Waals surface area contributed by atoms with Crippen molar-refractivity contribution in [1.82, 2.24) is 5.32 Å². The Morgan fingerprint density at radius 3 is 2.33 bits per heavy atom. The molecule has 4 aromatic rings. The molecule has 0 aliphatic carbocycles. The van der Waals surface area contributed by atoms with Crippen molar-refractivity contribution in [3.8, 4) is 5.75 Å². The van der Waals surface area contributed by atoms with Gasteiger partial charge in [-0.15, -0.1) is 0 Å². The van der Waals surface area contributed by atoms with E-state index in [0.29, 0.717) is 22.9 Å². The first kappa shape index (κ1) is 22.4. The first-order valence-electron chi connectivity index (χ1n) is 10.5. The lowest BCUT2D eigenvalue weighted by Gasteiger charge is -2.15. The Bertz CT molecular complexity index is 1290. The molecule has 0 bridgehead atoms. The zero-order valence-electron chi connectivity index (χ0n) is 17.7. The van der Waals surface area contributed by atoms with Crippen LogP contribution < -0.4 is 10.1 Å². The van der Waals surface area contributed by atoms with E-state index < -0.39 is 17.9 Å². The molecular weight excluding hydrogens is 438 g/mol. The molecule has 1 atom stereocenters. The number of carboxylic acid groups (broad SMARTS) is 1. The summed E-state index contributed by atoms with van der Waals surface area (Å²) >= 11 is 6.18. The van der Waals surface area contributed by atoms with Crippen molar-refractivity contribution < 1.29 is 19.4 Å². The third-order valence-electron chi connectivity index (χ3n) is 5.31. The summed E-state index contributed by atoms with van der Waals surface area (Å²) in [5.41, 5.74) is 2.13. The highest BCUT2D eigenvalue weighted by molar-refractivity contribution is 6.31. The number of fused-ring (bicyclic) bond motifs is 1. The maximum Gasteiger partial charge on any atom is 0.326 e. The molecule has 0 aliphatic rings. The monoisotopic (exact) mass is 459 g/mol. The minimum atomic E-state index is -1.08. The van der Waals surface area contributed by atoms with Gasteiger partial charge in [-0.3, -0.25) is 4.79 Å². The van der Waals surface area contributed by atoms with Gasteiger partial charge in [0.1, 0.15) is 18.4 Å². The maximum atomic E-state index is 12.7. The van der Waals surface area contributed by atoms with E-state index in [1.807, 2.05) is 78.9 Å². The standard InChI is InChI=1S/C27H22ClNO4/c28-24-9-5-4-8-22(24)17-33-23-13-12-19-15-21(11-10-20(19)16-23)26(30)29-25(27(31)32)14-18-6-2-1-3-7-18/h1-13,15-16,25H,14,17H2,(H,29,30)(H,31,32)/t25-/m0/s1. The van der Waals surface area contributed by atoms with Crippen LogP contribution in [0.4, 0.5) is 0 Å². The molecule has 1 amide bonds. The predicted molar refractivity (Wildman–Crippen MR) is 129 cm³/mol. The number of carbonyl (C=O) groups excluding carboxylic acids is 1. The van der Waals surface area contributed by atoms with Gasteiger partial charge in [0.25, 0.3) is 5.91 Å². The highest BCUT2D eigenvalue weighted by atomic mass is 35.5. The predicted octanol–water partition coefficient (Wildman–Crippen LogP) is 5.50. The Morgan fingerprint density at radius 2 is 1.58 bits per heavy atom. The van der Waals surface area contributed by atoms with E-state index in [1.165, 1.54) is 0 Å². The number of hydrogen-bond donors (Lipinski definition) is 2. The highest BCUT2D eigenvalue weighted by Crippen LogP contribution is 2.24. The van der Waals surface area contributed by atoms with E-state index in [2.05, 4.69) is 5.32 Å². The molecule has 0 fully saturated rings. The van der Waals surface area contributed by atoms with Crippen LogP contribution >= 0.6 is 11.6 Å². The minimum absolute atomic E-state index is 0.210. The van der Waals surface area contributed by atoms with Gasteiger partial charge in [0.05, 0.1) is 0 Å². The summed E-state index contributed by atoms with van der Waals surface area (Å²) in [6, 6.07) is 26.5. The molecule has 0 radical (unpaired) electrons. The van der Waals surface area contributed by atoms with Gasteiger partial charge in [-0.2, -0.15) is 0 Å². The summed E-state index contributed by atoms with van der Waals surface area (Å²) < 4.78 is 5.87.